The Labute approximate surface area is 164 Å². The van der Waals surface area contributed by atoms with E-state index in [4.69, 9.17) is 4.74 Å². The van der Waals surface area contributed by atoms with Crippen LogP contribution in [0.4, 0.5) is 13.6 Å². The van der Waals surface area contributed by atoms with Gasteiger partial charge in [-0.3, -0.25) is 0 Å². The molecule has 0 radical (unpaired) electrons. The van der Waals surface area contributed by atoms with Crippen molar-refractivity contribution in [1.29, 1.82) is 0 Å². The maximum absolute atomic E-state index is 14.0. The van der Waals surface area contributed by atoms with Crippen LogP contribution in [-0.4, -0.2) is 50.1 Å². The second-order valence-corrected chi connectivity index (χ2v) is 6.92. The normalized spacial score (nSPS) is 12.0. The molecule has 0 saturated heterocycles. The van der Waals surface area contributed by atoms with Crippen molar-refractivity contribution in [3.8, 4) is 5.75 Å². The lowest BCUT2D eigenvalue weighted by molar-refractivity contribution is 0.185. The summed E-state index contributed by atoms with van der Waals surface area (Å²) < 4.78 is 32.0. The van der Waals surface area contributed by atoms with Crippen LogP contribution in [-0.2, 0) is 6.54 Å². The molecule has 7 heteroatoms. The van der Waals surface area contributed by atoms with Crippen molar-refractivity contribution in [3.05, 3.63) is 65.2 Å². The summed E-state index contributed by atoms with van der Waals surface area (Å²) in [6, 6.07) is 10.0. The standard InChI is InChI=1S/C21H27F2N3O2/c1-15(17-7-10-20(28-4)19(23)13-17)24-21(27)26(12-11-25(2)3)14-16-5-8-18(22)9-6-16/h5-10,13,15H,11-12,14H2,1-4H3,(H,24,27). The third kappa shape index (κ3) is 6.20. The largest absolute Gasteiger partial charge is 0.494 e. The number of likely N-dealkylation sites (N-methyl/N-ethyl adjacent to an activating group) is 1. The van der Waals surface area contributed by atoms with E-state index in [9.17, 15) is 13.6 Å². The van der Waals surface area contributed by atoms with Gasteiger partial charge in [0, 0.05) is 19.6 Å². The number of benzene rings is 2. The van der Waals surface area contributed by atoms with E-state index in [-0.39, 0.29) is 23.6 Å². The van der Waals surface area contributed by atoms with E-state index in [0.29, 0.717) is 25.2 Å². The molecule has 0 bridgehead atoms. The van der Waals surface area contributed by atoms with E-state index in [1.807, 2.05) is 19.0 Å². The molecule has 0 saturated carbocycles. The number of amides is 2. The molecular weight excluding hydrogens is 364 g/mol. The highest BCUT2D eigenvalue weighted by Crippen LogP contribution is 2.22. The molecule has 2 aromatic rings. The van der Waals surface area contributed by atoms with Crippen molar-refractivity contribution in [2.75, 3.05) is 34.3 Å². The fourth-order valence-electron chi connectivity index (χ4n) is 2.70. The summed E-state index contributed by atoms with van der Waals surface area (Å²) in [6.07, 6.45) is 0. The highest BCUT2D eigenvalue weighted by Gasteiger charge is 2.18. The lowest BCUT2D eigenvalue weighted by Crippen LogP contribution is -2.43. The summed E-state index contributed by atoms with van der Waals surface area (Å²) >= 11 is 0. The molecule has 0 aliphatic heterocycles. The van der Waals surface area contributed by atoms with Gasteiger partial charge in [-0.05, 0) is 56.4 Å². The van der Waals surface area contributed by atoms with E-state index < -0.39 is 5.82 Å². The Kier molecular flexibility index (Phi) is 7.75. The van der Waals surface area contributed by atoms with Gasteiger partial charge >= 0.3 is 6.03 Å². The average molecular weight is 391 g/mol. The molecule has 152 valence electrons. The fourth-order valence-corrected chi connectivity index (χ4v) is 2.70. The smallest absolute Gasteiger partial charge is 0.318 e. The molecule has 28 heavy (non-hydrogen) atoms. The summed E-state index contributed by atoms with van der Waals surface area (Å²) in [7, 11) is 5.26. The van der Waals surface area contributed by atoms with Gasteiger partial charge < -0.3 is 19.9 Å². The van der Waals surface area contributed by atoms with Crippen LogP contribution < -0.4 is 10.1 Å². The number of rotatable bonds is 8. The molecule has 0 fully saturated rings. The third-order valence-electron chi connectivity index (χ3n) is 4.41. The number of urea groups is 1. The van der Waals surface area contributed by atoms with Crippen LogP contribution in [0.5, 0.6) is 5.75 Å². The predicted molar refractivity (Wildman–Crippen MR) is 105 cm³/mol. The van der Waals surface area contributed by atoms with Crippen LogP contribution in [0, 0.1) is 11.6 Å². The molecule has 2 amide bonds. The van der Waals surface area contributed by atoms with Gasteiger partial charge in [-0.2, -0.15) is 0 Å². The summed E-state index contributed by atoms with van der Waals surface area (Å²) in [4.78, 5) is 16.5. The highest BCUT2D eigenvalue weighted by molar-refractivity contribution is 5.74. The van der Waals surface area contributed by atoms with Gasteiger partial charge in [-0.25, -0.2) is 13.6 Å². The topological polar surface area (TPSA) is 44.8 Å². The summed E-state index contributed by atoms with van der Waals surface area (Å²) in [6.45, 7) is 3.32. The molecular formula is C21H27F2N3O2. The van der Waals surface area contributed by atoms with Gasteiger partial charge in [-0.1, -0.05) is 18.2 Å². The van der Waals surface area contributed by atoms with E-state index in [1.165, 1.54) is 31.4 Å². The van der Waals surface area contributed by atoms with Gasteiger partial charge in [0.05, 0.1) is 13.2 Å². The Morgan fingerprint density at radius 3 is 2.36 bits per heavy atom. The number of hydrogen-bond donors (Lipinski definition) is 1. The number of carbonyl (C=O) groups excluding carboxylic acids is 1. The average Bonchev–Trinajstić information content (AvgIpc) is 2.66. The summed E-state index contributed by atoms with van der Waals surface area (Å²) in [5.74, 6) is -0.633. The minimum atomic E-state index is -0.475. The molecule has 0 aliphatic carbocycles. The van der Waals surface area contributed by atoms with Crippen molar-refractivity contribution in [2.24, 2.45) is 0 Å². The molecule has 2 rings (SSSR count). The number of nitrogens with zero attached hydrogens (tertiary/aromatic N) is 2. The zero-order chi connectivity index (χ0) is 20.7. The van der Waals surface area contributed by atoms with Crippen molar-refractivity contribution in [1.82, 2.24) is 15.1 Å². The number of methoxy groups -OCH3 is 1. The second-order valence-electron chi connectivity index (χ2n) is 6.92. The van der Waals surface area contributed by atoms with Gasteiger partial charge in [0.15, 0.2) is 11.6 Å². The van der Waals surface area contributed by atoms with E-state index >= 15 is 0 Å². The van der Waals surface area contributed by atoms with E-state index in [1.54, 1.807) is 30.0 Å². The summed E-state index contributed by atoms with van der Waals surface area (Å²) in [5.41, 5.74) is 1.47. The Hall–Kier alpha value is -2.67. The van der Waals surface area contributed by atoms with Crippen LogP contribution in [0.3, 0.4) is 0 Å². The Morgan fingerprint density at radius 2 is 1.79 bits per heavy atom. The monoisotopic (exact) mass is 391 g/mol. The Bertz CT molecular complexity index is 782. The zero-order valence-electron chi connectivity index (χ0n) is 16.7. The van der Waals surface area contributed by atoms with E-state index in [0.717, 1.165) is 5.56 Å². The molecule has 0 heterocycles. The fraction of sp³-hybridized carbons (Fsp3) is 0.381. The van der Waals surface area contributed by atoms with Gasteiger partial charge in [0.2, 0.25) is 0 Å². The third-order valence-corrected chi connectivity index (χ3v) is 4.41. The number of halogens is 2. The molecule has 5 nitrogen and oxygen atoms in total. The highest BCUT2D eigenvalue weighted by atomic mass is 19.1. The van der Waals surface area contributed by atoms with Crippen LogP contribution in [0.2, 0.25) is 0 Å². The number of ether oxygens (including phenoxy) is 1. The number of carbonyl (C=O) groups is 1. The minimum absolute atomic E-state index is 0.159. The Balaban J connectivity index is 2.09. The van der Waals surface area contributed by atoms with Crippen molar-refractivity contribution < 1.29 is 18.3 Å². The lowest BCUT2D eigenvalue weighted by atomic mass is 10.1. The molecule has 1 atom stereocenters. The van der Waals surface area contributed by atoms with Gasteiger partial charge in [0.25, 0.3) is 0 Å². The van der Waals surface area contributed by atoms with Crippen molar-refractivity contribution in [3.63, 3.8) is 0 Å². The molecule has 2 aromatic carbocycles. The quantitative estimate of drug-likeness (QED) is 0.744. The predicted octanol–water partition coefficient (Wildman–Crippen LogP) is 3.81. The first-order valence-electron chi connectivity index (χ1n) is 9.08. The van der Waals surface area contributed by atoms with Crippen molar-refractivity contribution in [2.45, 2.75) is 19.5 Å². The van der Waals surface area contributed by atoms with Gasteiger partial charge in [-0.15, -0.1) is 0 Å². The first-order chi connectivity index (χ1) is 13.3. The maximum atomic E-state index is 14.0. The molecule has 0 spiro atoms. The first kappa shape index (κ1) is 21.6. The van der Waals surface area contributed by atoms with Crippen LogP contribution in [0.25, 0.3) is 0 Å². The first-order valence-corrected chi connectivity index (χ1v) is 9.08. The lowest BCUT2D eigenvalue weighted by Gasteiger charge is -2.27. The van der Waals surface area contributed by atoms with E-state index in [2.05, 4.69) is 5.32 Å². The molecule has 0 aromatic heterocycles. The molecule has 1 unspecified atom stereocenters. The van der Waals surface area contributed by atoms with Crippen LogP contribution >= 0.6 is 0 Å². The number of nitrogens with one attached hydrogen (secondary N) is 1. The van der Waals surface area contributed by atoms with Gasteiger partial charge in [0.1, 0.15) is 5.82 Å². The maximum Gasteiger partial charge on any atom is 0.318 e. The van der Waals surface area contributed by atoms with Crippen LogP contribution in [0.15, 0.2) is 42.5 Å². The summed E-state index contributed by atoms with van der Waals surface area (Å²) in [5, 5.41) is 2.90. The minimum Gasteiger partial charge on any atom is -0.494 e. The molecule has 1 N–H and O–H groups in total. The Morgan fingerprint density at radius 1 is 1.11 bits per heavy atom. The molecule has 0 aliphatic rings. The SMILES string of the molecule is COc1ccc(C(C)NC(=O)N(CCN(C)C)Cc2ccc(F)cc2)cc1F. The number of hydrogen-bond acceptors (Lipinski definition) is 3. The second kappa shape index (κ2) is 10.0. The van der Waals surface area contributed by atoms with Crippen molar-refractivity contribution >= 4 is 6.03 Å². The zero-order valence-corrected chi connectivity index (χ0v) is 16.7. The van der Waals surface area contributed by atoms with Crippen LogP contribution in [0.1, 0.15) is 24.1 Å².